The van der Waals surface area contributed by atoms with Gasteiger partial charge >= 0.3 is 0 Å². The summed E-state index contributed by atoms with van der Waals surface area (Å²) in [6.45, 7) is 2.02. The molecule has 0 aromatic heterocycles. The highest BCUT2D eigenvalue weighted by Gasteiger charge is 2.41. The molecule has 1 atom stereocenters. The van der Waals surface area contributed by atoms with Crippen LogP contribution >= 0.6 is 11.8 Å². The molecule has 19 heavy (non-hydrogen) atoms. The SMILES string of the molecule is CC1(C(=O)NC2(C#N)CCCCCCC2)CCCS1. The lowest BCUT2D eigenvalue weighted by molar-refractivity contribution is -0.124. The van der Waals surface area contributed by atoms with Crippen LogP contribution in [0.15, 0.2) is 0 Å². The van der Waals surface area contributed by atoms with Crippen molar-refractivity contribution in [2.75, 3.05) is 5.75 Å². The molecule has 0 aromatic carbocycles. The van der Waals surface area contributed by atoms with Crippen LogP contribution in [0.3, 0.4) is 0 Å². The lowest BCUT2D eigenvalue weighted by Gasteiger charge is -2.33. The molecule has 0 radical (unpaired) electrons. The lowest BCUT2D eigenvalue weighted by Crippen LogP contribution is -2.53. The standard InChI is InChI=1S/C15H24N2OS/c1-14(8-7-11-19-14)13(18)17-15(12-16)9-5-3-2-4-6-10-15/h2-11H2,1H3,(H,17,18). The Bertz CT molecular complexity index is 361. The maximum absolute atomic E-state index is 12.5. The molecule has 4 heteroatoms. The van der Waals surface area contributed by atoms with Crippen LogP contribution in [0, 0.1) is 11.3 Å². The van der Waals surface area contributed by atoms with Crippen LogP contribution < -0.4 is 5.32 Å². The second kappa shape index (κ2) is 6.17. The largest absolute Gasteiger partial charge is 0.337 e. The van der Waals surface area contributed by atoms with Gasteiger partial charge < -0.3 is 5.32 Å². The zero-order valence-electron chi connectivity index (χ0n) is 11.8. The van der Waals surface area contributed by atoms with Crippen LogP contribution in [0.25, 0.3) is 0 Å². The smallest absolute Gasteiger partial charge is 0.237 e. The molecular weight excluding hydrogens is 256 g/mol. The Balaban J connectivity index is 2.04. The van der Waals surface area contributed by atoms with Gasteiger partial charge in [0.05, 0.1) is 10.8 Å². The second-order valence-corrected chi connectivity index (χ2v) is 7.70. The van der Waals surface area contributed by atoms with Crippen molar-refractivity contribution >= 4 is 17.7 Å². The Hall–Kier alpha value is -0.690. The highest BCUT2D eigenvalue weighted by molar-refractivity contribution is 8.01. The zero-order chi connectivity index (χ0) is 13.8. The number of rotatable bonds is 2. The van der Waals surface area contributed by atoms with Crippen LogP contribution in [0.2, 0.25) is 0 Å². The van der Waals surface area contributed by atoms with Crippen molar-refractivity contribution in [2.45, 2.75) is 75.0 Å². The van der Waals surface area contributed by atoms with Crippen molar-refractivity contribution in [1.82, 2.24) is 5.32 Å². The summed E-state index contributed by atoms with van der Waals surface area (Å²) in [6.07, 6.45) is 9.42. The maximum Gasteiger partial charge on any atom is 0.237 e. The molecule has 2 aliphatic rings. The van der Waals surface area contributed by atoms with E-state index in [2.05, 4.69) is 11.4 Å². The summed E-state index contributed by atoms with van der Waals surface area (Å²) in [5.41, 5.74) is -0.607. The second-order valence-electron chi connectivity index (χ2n) is 6.10. The number of thioether (sulfide) groups is 1. The molecule has 1 aliphatic carbocycles. The van der Waals surface area contributed by atoms with Gasteiger partial charge in [0.25, 0.3) is 0 Å². The predicted molar refractivity (Wildman–Crippen MR) is 78.9 cm³/mol. The molecule has 1 amide bonds. The minimum absolute atomic E-state index is 0.0807. The third-order valence-electron chi connectivity index (χ3n) is 4.47. The van der Waals surface area contributed by atoms with E-state index >= 15 is 0 Å². The molecule has 1 N–H and O–H groups in total. The zero-order valence-corrected chi connectivity index (χ0v) is 12.7. The summed E-state index contributed by atoms with van der Waals surface area (Å²) in [7, 11) is 0. The Morgan fingerprint density at radius 1 is 1.11 bits per heavy atom. The Kier molecular flexibility index (Phi) is 4.78. The first-order chi connectivity index (χ1) is 9.10. The van der Waals surface area contributed by atoms with Crippen molar-refractivity contribution in [3.63, 3.8) is 0 Å². The molecule has 1 saturated carbocycles. The Morgan fingerprint density at radius 3 is 2.26 bits per heavy atom. The van der Waals surface area contributed by atoms with Crippen molar-refractivity contribution < 1.29 is 4.79 Å². The van der Waals surface area contributed by atoms with E-state index in [9.17, 15) is 10.1 Å². The van der Waals surface area contributed by atoms with Crippen LogP contribution in [0.4, 0.5) is 0 Å². The normalized spacial score (nSPS) is 30.9. The summed E-state index contributed by atoms with van der Waals surface area (Å²) in [6, 6.07) is 2.42. The molecule has 0 spiro atoms. The van der Waals surface area contributed by atoms with Crippen molar-refractivity contribution in [1.29, 1.82) is 5.26 Å². The third-order valence-corrected chi connectivity index (χ3v) is 5.99. The highest BCUT2D eigenvalue weighted by atomic mass is 32.2. The number of nitrogens with one attached hydrogen (secondary N) is 1. The molecule has 3 nitrogen and oxygen atoms in total. The van der Waals surface area contributed by atoms with Gasteiger partial charge in [-0.3, -0.25) is 4.79 Å². The first-order valence-corrected chi connectivity index (χ1v) is 8.47. The first-order valence-electron chi connectivity index (χ1n) is 7.48. The Labute approximate surface area is 120 Å². The van der Waals surface area contributed by atoms with Gasteiger partial charge in [0.2, 0.25) is 5.91 Å². The van der Waals surface area contributed by atoms with Crippen LogP contribution in [-0.2, 0) is 4.79 Å². The van der Waals surface area contributed by atoms with Gasteiger partial charge in [-0.2, -0.15) is 5.26 Å². The molecule has 106 valence electrons. The van der Waals surface area contributed by atoms with E-state index in [1.807, 2.05) is 6.92 Å². The van der Waals surface area contributed by atoms with E-state index in [4.69, 9.17) is 0 Å². The van der Waals surface area contributed by atoms with Gasteiger partial charge in [-0.1, -0.05) is 32.1 Å². The van der Waals surface area contributed by atoms with Crippen molar-refractivity contribution in [3.05, 3.63) is 0 Å². The summed E-state index contributed by atoms with van der Waals surface area (Å²) in [4.78, 5) is 12.5. The van der Waals surface area contributed by atoms with E-state index in [0.29, 0.717) is 0 Å². The number of nitrogens with zero attached hydrogens (tertiary/aromatic N) is 1. The molecule has 1 saturated heterocycles. The number of nitriles is 1. The van der Waals surface area contributed by atoms with Gasteiger partial charge in [-0.15, -0.1) is 11.8 Å². The summed E-state index contributed by atoms with van der Waals surface area (Å²) >= 11 is 1.74. The van der Waals surface area contributed by atoms with Crippen LogP contribution in [-0.4, -0.2) is 21.9 Å². The van der Waals surface area contributed by atoms with Gasteiger partial charge in [-0.25, -0.2) is 0 Å². The van der Waals surface area contributed by atoms with Gasteiger partial charge in [0.15, 0.2) is 0 Å². The average molecular weight is 280 g/mol. The predicted octanol–water partition coefficient (Wildman–Crippen LogP) is 3.39. The summed E-state index contributed by atoms with van der Waals surface area (Å²) < 4.78 is -0.313. The molecule has 2 rings (SSSR count). The summed E-state index contributed by atoms with van der Waals surface area (Å²) in [5.74, 6) is 1.14. The number of carbonyl (C=O) groups excluding carboxylic acids is 1. The first kappa shape index (κ1) is 14.7. The van der Waals surface area contributed by atoms with E-state index in [1.165, 1.54) is 19.3 Å². The van der Waals surface area contributed by atoms with Crippen molar-refractivity contribution in [2.24, 2.45) is 0 Å². The number of hydrogen-bond donors (Lipinski definition) is 1. The van der Waals surface area contributed by atoms with Crippen molar-refractivity contribution in [3.8, 4) is 6.07 Å². The molecule has 0 bridgehead atoms. The van der Waals surface area contributed by atoms with Gasteiger partial charge in [0, 0.05) is 0 Å². The topological polar surface area (TPSA) is 52.9 Å². The molecule has 1 unspecified atom stereocenters. The third kappa shape index (κ3) is 3.45. The van der Waals surface area contributed by atoms with E-state index in [0.717, 1.165) is 44.3 Å². The monoisotopic (exact) mass is 280 g/mol. The molecule has 1 aliphatic heterocycles. The van der Waals surface area contributed by atoms with Gasteiger partial charge in [0.1, 0.15) is 5.54 Å². The minimum atomic E-state index is -0.607. The minimum Gasteiger partial charge on any atom is -0.337 e. The van der Waals surface area contributed by atoms with E-state index in [-0.39, 0.29) is 10.7 Å². The van der Waals surface area contributed by atoms with E-state index in [1.54, 1.807) is 11.8 Å². The fraction of sp³-hybridized carbons (Fsp3) is 0.867. The van der Waals surface area contributed by atoms with Crippen LogP contribution in [0.1, 0.15) is 64.7 Å². The quantitative estimate of drug-likeness (QED) is 0.843. The fourth-order valence-corrected chi connectivity index (χ4v) is 4.29. The molecule has 0 aromatic rings. The number of amides is 1. The Morgan fingerprint density at radius 2 is 1.74 bits per heavy atom. The average Bonchev–Trinajstić information content (AvgIpc) is 2.81. The molecule has 2 fully saturated rings. The number of hydrogen-bond acceptors (Lipinski definition) is 3. The summed E-state index contributed by atoms with van der Waals surface area (Å²) in [5, 5.41) is 12.7. The van der Waals surface area contributed by atoms with Gasteiger partial charge in [-0.05, 0) is 38.4 Å². The fourth-order valence-electron chi connectivity index (χ4n) is 3.08. The highest BCUT2D eigenvalue weighted by Crippen LogP contribution is 2.39. The van der Waals surface area contributed by atoms with Crippen LogP contribution in [0.5, 0.6) is 0 Å². The number of carbonyl (C=O) groups is 1. The lowest BCUT2D eigenvalue weighted by atomic mass is 9.84. The molecular formula is C15H24N2OS. The van der Waals surface area contributed by atoms with E-state index < -0.39 is 5.54 Å². The maximum atomic E-state index is 12.5. The molecule has 1 heterocycles.